The van der Waals surface area contributed by atoms with E-state index in [1.807, 2.05) is 30.5 Å². The number of aliphatic imine (C=N–C) groups is 1. The number of nitrogens with zero attached hydrogens (tertiary/aromatic N) is 3. The Bertz CT molecular complexity index is 365. The maximum absolute atomic E-state index is 8.55. The van der Waals surface area contributed by atoms with Gasteiger partial charge in [-0.3, -0.25) is 0 Å². The molecule has 0 fully saturated rings. The molecule has 80 valence electrons. The van der Waals surface area contributed by atoms with E-state index in [-0.39, 0.29) is 6.04 Å². The number of thioether (sulfide) groups is 1. The smallest absolute Gasteiger partial charge is 0.208 e. The van der Waals surface area contributed by atoms with Crippen molar-refractivity contribution in [3.8, 4) is 6.19 Å². The van der Waals surface area contributed by atoms with Crippen LogP contribution in [0.2, 0.25) is 0 Å². The van der Waals surface area contributed by atoms with Crippen LogP contribution in [0.4, 0.5) is 0 Å². The van der Waals surface area contributed by atoms with Crippen molar-refractivity contribution in [3.05, 3.63) is 22.4 Å². The standard InChI is InChI=1S/C10H13N3S2/c1-8(9-5-4-6-15-9)13(2)10(14-3)12-7-11/h4-6,8H,1-3H3. The number of amidine groups is 1. The maximum atomic E-state index is 8.55. The minimum Gasteiger partial charge on any atom is -0.346 e. The first-order chi connectivity index (χ1) is 7.20. The maximum Gasteiger partial charge on any atom is 0.208 e. The number of hydrogen-bond acceptors (Lipinski definition) is 4. The van der Waals surface area contributed by atoms with Crippen LogP contribution in [0.25, 0.3) is 0 Å². The highest BCUT2D eigenvalue weighted by atomic mass is 32.2. The molecular formula is C10H13N3S2. The summed E-state index contributed by atoms with van der Waals surface area (Å²) in [5, 5.41) is 11.4. The topological polar surface area (TPSA) is 39.4 Å². The third kappa shape index (κ3) is 2.98. The molecule has 0 aliphatic carbocycles. The Morgan fingerprint density at radius 2 is 2.47 bits per heavy atom. The van der Waals surface area contributed by atoms with Gasteiger partial charge in [-0.25, -0.2) is 0 Å². The molecule has 0 N–H and O–H groups in total. The molecule has 15 heavy (non-hydrogen) atoms. The Labute approximate surface area is 98.4 Å². The molecule has 1 rings (SSSR count). The van der Waals surface area contributed by atoms with Crippen molar-refractivity contribution in [2.75, 3.05) is 13.3 Å². The fourth-order valence-electron chi connectivity index (χ4n) is 1.20. The lowest BCUT2D eigenvalue weighted by Gasteiger charge is -2.25. The minimum atomic E-state index is 0.254. The van der Waals surface area contributed by atoms with Crippen LogP contribution in [0, 0.1) is 11.5 Å². The Morgan fingerprint density at radius 3 is 2.93 bits per heavy atom. The predicted octanol–water partition coefficient (Wildman–Crippen LogP) is 2.94. The summed E-state index contributed by atoms with van der Waals surface area (Å²) in [4.78, 5) is 7.08. The third-order valence-electron chi connectivity index (χ3n) is 2.17. The van der Waals surface area contributed by atoms with Gasteiger partial charge < -0.3 is 4.90 Å². The Balaban J connectivity index is 2.80. The van der Waals surface area contributed by atoms with Gasteiger partial charge in [0.15, 0.2) is 5.17 Å². The monoisotopic (exact) mass is 239 g/mol. The highest BCUT2D eigenvalue weighted by molar-refractivity contribution is 8.13. The minimum absolute atomic E-state index is 0.254. The van der Waals surface area contributed by atoms with Crippen molar-refractivity contribution in [2.45, 2.75) is 13.0 Å². The second kappa shape index (κ2) is 5.79. The van der Waals surface area contributed by atoms with E-state index in [1.165, 1.54) is 16.6 Å². The second-order valence-electron chi connectivity index (χ2n) is 3.00. The molecule has 3 nitrogen and oxygen atoms in total. The molecule has 0 amide bonds. The summed E-state index contributed by atoms with van der Waals surface area (Å²) in [6, 6.07) is 4.38. The van der Waals surface area contributed by atoms with Gasteiger partial charge in [0, 0.05) is 11.9 Å². The summed E-state index contributed by atoms with van der Waals surface area (Å²) in [6.45, 7) is 2.11. The van der Waals surface area contributed by atoms with Crippen LogP contribution in [0.3, 0.4) is 0 Å². The van der Waals surface area contributed by atoms with Crippen molar-refractivity contribution in [1.82, 2.24) is 4.90 Å². The number of hydrogen-bond donors (Lipinski definition) is 0. The van der Waals surface area contributed by atoms with E-state index < -0.39 is 0 Å². The highest BCUT2D eigenvalue weighted by Gasteiger charge is 2.15. The summed E-state index contributed by atoms with van der Waals surface area (Å²) in [7, 11) is 1.96. The van der Waals surface area contributed by atoms with Gasteiger partial charge in [-0.05, 0) is 24.6 Å². The zero-order valence-corrected chi connectivity index (χ0v) is 10.6. The first-order valence-electron chi connectivity index (χ1n) is 4.47. The molecule has 0 bridgehead atoms. The Kier molecular flexibility index (Phi) is 4.66. The molecule has 1 unspecified atom stereocenters. The summed E-state index contributed by atoms with van der Waals surface area (Å²) in [5.74, 6) is 0. The molecule has 1 aromatic heterocycles. The van der Waals surface area contributed by atoms with Gasteiger partial charge in [0.05, 0.1) is 6.04 Å². The third-order valence-corrected chi connectivity index (χ3v) is 3.95. The zero-order chi connectivity index (χ0) is 11.3. The molecule has 0 saturated heterocycles. The largest absolute Gasteiger partial charge is 0.346 e. The van der Waals surface area contributed by atoms with Crippen LogP contribution < -0.4 is 0 Å². The Hall–Kier alpha value is -0.990. The van der Waals surface area contributed by atoms with E-state index in [2.05, 4.69) is 23.4 Å². The van der Waals surface area contributed by atoms with Crippen LogP contribution in [-0.2, 0) is 0 Å². The van der Waals surface area contributed by atoms with Crippen LogP contribution in [-0.4, -0.2) is 23.4 Å². The molecule has 0 radical (unpaired) electrons. The molecule has 5 heteroatoms. The molecular weight excluding hydrogens is 226 g/mol. The molecule has 0 saturated carbocycles. The highest BCUT2D eigenvalue weighted by Crippen LogP contribution is 2.25. The summed E-state index contributed by atoms with van der Waals surface area (Å²) in [5.41, 5.74) is 0. The number of nitriles is 1. The lowest BCUT2D eigenvalue weighted by atomic mass is 10.2. The average molecular weight is 239 g/mol. The van der Waals surface area contributed by atoms with Gasteiger partial charge >= 0.3 is 0 Å². The predicted molar refractivity (Wildman–Crippen MR) is 67.1 cm³/mol. The normalized spacial score (nSPS) is 13.3. The van der Waals surface area contributed by atoms with Crippen molar-refractivity contribution in [1.29, 1.82) is 5.26 Å². The first-order valence-corrected chi connectivity index (χ1v) is 6.58. The molecule has 1 aromatic rings. The van der Waals surface area contributed by atoms with Gasteiger partial charge in [-0.2, -0.15) is 5.26 Å². The lowest BCUT2D eigenvalue weighted by molar-refractivity contribution is 0.416. The number of rotatable bonds is 2. The molecule has 0 aromatic carbocycles. The van der Waals surface area contributed by atoms with Crippen molar-refractivity contribution >= 4 is 28.3 Å². The van der Waals surface area contributed by atoms with Gasteiger partial charge in [-0.1, -0.05) is 17.8 Å². The van der Waals surface area contributed by atoms with E-state index in [0.29, 0.717) is 0 Å². The first kappa shape index (κ1) is 12.1. The van der Waals surface area contributed by atoms with E-state index in [1.54, 1.807) is 11.3 Å². The average Bonchev–Trinajstić information content (AvgIpc) is 2.77. The van der Waals surface area contributed by atoms with Gasteiger partial charge in [-0.15, -0.1) is 16.3 Å². The van der Waals surface area contributed by atoms with E-state index in [9.17, 15) is 0 Å². The lowest BCUT2D eigenvalue weighted by Crippen LogP contribution is -2.26. The van der Waals surface area contributed by atoms with Crippen molar-refractivity contribution in [3.63, 3.8) is 0 Å². The zero-order valence-electron chi connectivity index (χ0n) is 8.97. The summed E-state index contributed by atoms with van der Waals surface area (Å²) >= 11 is 3.20. The number of thiophene rings is 1. The van der Waals surface area contributed by atoms with Crippen LogP contribution in [0.15, 0.2) is 22.5 Å². The quantitative estimate of drug-likeness (QED) is 0.452. The van der Waals surface area contributed by atoms with E-state index in [4.69, 9.17) is 5.26 Å². The van der Waals surface area contributed by atoms with E-state index in [0.717, 1.165) is 5.17 Å². The summed E-state index contributed by atoms with van der Waals surface area (Å²) < 4.78 is 0. The molecule has 1 heterocycles. The van der Waals surface area contributed by atoms with Gasteiger partial charge in [0.25, 0.3) is 0 Å². The van der Waals surface area contributed by atoms with Crippen LogP contribution >= 0.6 is 23.1 Å². The van der Waals surface area contributed by atoms with Crippen LogP contribution in [0.5, 0.6) is 0 Å². The fourth-order valence-corrected chi connectivity index (χ4v) is 2.60. The second-order valence-corrected chi connectivity index (χ2v) is 4.75. The molecule has 0 aliphatic heterocycles. The Morgan fingerprint density at radius 1 is 1.73 bits per heavy atom. The van der Waals surface area contributed by atoms with Gasteiger partial charge in [0.2, 0.25) is 6.19 Å². The molecule has 0 spiro atoms. The SMILES string of the molecule is CSC(=NC#N)N(C)C(C)c1cccs1. The van der Waals surface area contributed by atoms with E-state index >= 15 is 0 Å². The van der Waals surface area contributed by atoms with Crippen molar-refractivity contribution < 1.29 is 0 Å². The molecule has 0 aliphatic rings. The van der Waals surface area contributed by atoms with Crippen molar-refractivity contribution in [2.24, 2.45) is 4.99 Å². The van der Waals surface area contributed by atoms with Gasteiger partial charge in [0.1, 0.15) is 0 Å². The van der Waals surface area contributed by atoms with Crippen LogP contribution in [0.1, 0.15) is 17.8 Å². The molecule has 1 atom stereocenters. The fraction of sp³-hybridized carbons (Fsp3) is 0.400. The summed E-state index contributed by atoms with van der Waals surface area (Å²) in [6.07, 6.45) is 3.75.